The van der Waals surface area contributed by atoms with Crippen LogP contribution in [0.25, 0.3) is 10.9 Å². The molecular formula is C18H19FN6O2. The maximum Gasteiger partial charge on any atom is 0.261 e. The van der Waals surface area contributed by atoms with Crippen molar-refractivity contribution in [1.29, 1.82) is 0 Å². The van der Waals surface area contributed by atoms with Crippen molar-refractivity contribution in [2.45, 2.75) is 6.54 Å². The average Bonchev–Trinajstić information content (AvgIpc) is 2.71. The Morgan fingerprint density at radius 2 is 1.74 bits per heavy atom. The second-order valence-electron chi connectivity index (χ2n) is 6.34. The molecule has 8 nitrogen and oxygen atoms in total. The predicted molar refractivity (Wildman–Crippen MR) is 99.5 cm³/mol. The van der Waals surface area contributed by atoms with E-state index in [1.807, 2.05) is 17.0 Å². The summed E-state index contributed by atoms with van der Waals surface area (Å²) in [6, 6.07) is 5.60. The van der Waals surface area contributed by atoms with E-state index in [2.05, 4.69) is 19.9 Å². The van der Waals surface area contributed by atoms with E-state index in [0.29, 0.717) is 16.9 Å². The number of rotatable bonds is 4. The number of aromatic nitrogens is 4. The molecule has 27 heavy (non-hydrogen) atoms. The van der Waals surface area contributed by atoms with E-state index in [4.69, 9.17) is 5.11 Å². The third-order valence-corrected chi connectivity index (χ3v) is 4.68. The fourth-order valence-corrected chi connectivity index (χ4v) is 3.24. The molecule has 0 bridgehead atoms. The van der Waals surface area contributed by atoms with E-state index >= 15 is 0 Å². The van der Waals surface area contributed by atoms with Crippen LogP contribution in [0.4, 0.5) is 16.0 Å². The molecular weight excluding hydrogens is 351 g/mol. The molecule has 2 aromatic heterocycles. The standard InChI is InChI=1S/C18H19FN6O2/c19-13-10-20-18(21-11-13)24-5-3-23(4-6-24)14-1-2-15-16(9-14)22-12-25(7-8-26)17(15)27/h1-2,9-12,26H,3-8H2. The third kappa shape index (κ3) is 3.45. The summed E-state index contributed by atoms with van der Waals surface area (Å²) in [5.41, 5.74) is 1.48. The van der Waals surface area contributed by atoms with E-state index in [9.17, 15) is 9.18 Å². The van der Waals surface area contributed by atoms with Crippen LogP contribution in [0.15, 0.2) is 41.7 Å². The van der Waals surface area contributed by atoms with Gasteiger partial charge in [0.05, 0.1) is 42.8 Å². The number of hydrogen-bond acceptors (Lipinski definition) is 7. The van der Waals surface area contributed by atoms with Gasteiger partial charge in [0, 0.05) is 31.9 Å². The molecule has 0 amide bonds. The van der Waals surface area contributed by atoms with Gasteiger partial charge in [-0.3, -0.25) is 9.36 Å². The molecule has 0 aliphatic carbocycles. The number of benzene rings is 1. The van der Waals surface area contributed by atoms with Crippen LogP contribution in [0.3, 0.4) is 0 Å². The van der Waals surface area contributed by atoms with Crippen molar-refractivity contribution in [2.75, 3.05) is 42.6 Å². The second kappa shape index (κ2) is 7.28. The van der Waals surface area contributed by atoms with Crippen molar-refractivity contribution >= 4 is 22.5 Å². The van der Waals surface area contributed by atoms with Crippen molar-refractivity contribution in [3.8, 4) is 0 Å². The molecule has 140 valence electrons. The Kier molecular flexibility index (Phi) is 4.68. The number of nitrogens with zero attached hydrogens (tertiary/aromatic N) is 6. The molecule has 1 fully saturated rings. The number of fused-ring (bicyclic) bond motifs is 1. The lowest BCUT2D eigenvalue weighted by atomic mass is 10.2. The largest absolute Gasteiger partial charge is 0.395 e. The first-order chi connectivity index (χ1) is 13.2. The van der Waals surface area contributed by atoms with Crippen molar-refractivity contribution in [2.24, 2.45) is 0 Å². The van der Waals surface area contributed by atoms with E-state index in [0.717, 1.165) is 31.9 Å². The lowest BCUT2D eigenvalue weighted by molar-refractivity contribution is 0.274. The molecule has 3 heterocycles. The molecule has 0 unspecified atom stereocenters. The Morgan fingerprint density at radius 1 is 1.04 bits per heavy atom. The molecule has 1 aromatic carbocycles. The third-order valence-electron chi connectivity index (χ3n) is 4.68. The minimum Gasteiger partial charge on any atom is -0.395 e. The monoisotopic (exact) mass is 370 g/mol. The van der Waals surface area contributed by atoms with Gasteiger partial charge in [0.2, 0.25) is 5.95 Å². The van der Waals surface area contributed by atoms with Gasteiger partial charge in [0.1, 0.15) is 0 Å². The van der Waals surface area contributed by atoms with Gasteiger partial charge in [0.15, 0.2) is 5.82 Å². The zero-order valence-corrected chi connectivity index (χ0v) is 14.6. The normalized spacial score (nSPS) is 14.7. The fourth-order valence-electron chi connectivity index (χ4n) is 3.24. The minimum absolute atomic E-state index is 0.104. The molecule has 9 heteroatoms. The van der Waals surface area contributed by atoms with Gasteiger partial charge < -0.3 is 14.9 Å². The van der Waals surface area contributed by atoms with Crippen LogP contribution in [0.1, 0.15) is 0 Å². The van der Waals surface area contributed by atoms with Crippen LogP contribution in [-0.2, 0) is 6.54 Å². The van der Waals surface area contributed by atoms with Crippen LogP contribution in [0, 0.1) is 5.82 Å². The maximum absolute atomic E-state index is 13.0. The Labute approximate surface area is 154 Å². The van der Waals surface area contributed by atoms with Crippen molar-refractivity contribution in [1.82, 2.24) is 19.5 Å². The lowest BCUT2D eigenvalue weighted by Gasteiger charge is -2.36. The molecule has 0 saturated carbocycles. The van der Waals surface area contributed by atoms with Gasteiger partial charge in [-0.1, -0.05) is 0 Å². The smallest absolute Gasteiger partial charge is 0.261 e. The lowest BCUT2D eigenvalue weighted by Crippen LogP contribution is -2.47. The highest BCUT2D eigenvalue weighted by Crippen LogP contribution is 2.21. The van der Waals surface area contributed by atoms with Gasteiger partial charge >= 0.3 is 0 Å². The summed E-state index contributed by atoms with van der Waals surface area (Å²) >= 11 is 0. The first kappa shape index (κ1) is 17.3. The Morgan fingerprint density at radius 3 is 2.44 bits per heavy atom. The maximum atomic E-state index is 13.0. The zero-order valence-electron chi connectivity index (χ0n) is 14.6. The highest BCUT2D eigenvalue weighted by molar-refractivity contribution is 5.81. The highest BCUT2D eigenvalue weighted by atomic mass is 19.1. The summed E-state index contributed by atoms with van der Waals surface area (Å²) in [6.07, 6.45) is 3.81. The first-order valence-electron chi connectivity index (χ1n) is 8.73. The quantitative estimate of drug-likeness (QED) is 0.721. The van der Waals surface area contributed by atoms with E-state index in [-0.39, 0.29) is 18.7 Å². The minimum atomic E-state index is -0.445. The van der Waals surface area contributed by atoms with Crippen molar-refractivity contribution in [3.63, 3.8) is 0 Å². The Bertz CT molecular complexity index is 999. The zero-order chi connectivity index (χ0) is 18.8. The Hall–Kier alpha value is -3.07. The van der Waals surface area contributed by atoms with Gasteiger partial charge in [0.25, 0.3) is 5.56 Å². The van der Waals surface area contributed by atoms with Crippen molar-refractivity contribution < 1.29 is 9.50 Å². The molecule has 0 radical (unpaired) electrons. The summed E-state index contributed by atoms with van der Waals surface area (Å²) in [5, 5.41) is 9.56. The average molecular weight is 370 g/mol. The highest BCUT2D eigenvalue weighted by Gasteiger charge is 2.20. The topological polar surface area (TPSA) is 87.4 Å². The summed E-state index contributed by atoms with van der Waals surface area (Å²) in [6.45, 7) is 3.08. The molecule has 1 N–H and O–H groups in total. The molecule has 4 rings (SSSR count). The van der Waals surface area contributed by atoms with Gasteiger partial charge in [-0.05, 0) is 18.2 Å². The number of aliphatic hydroxyl groups excluding tert-OH is 1. The van der Waals surface area contributed by atoms with Gasteiger partial charge in [-0.25, -0.2) is 19.3 Å². The molecule has 1 aliphatic heterocycles. The number of halogens is 1. The number of hydrogen-bond donors (Lipinski definition) is 1. The van der Waals surface area contributed by atoms with Crippen LogP contribution in [0.5, 0.6) is 0 Å². The summed E-state index contributed by atoms with van der Waals surface area (Å²) in [7, 11) is 0. The molecule has 0 spiro atoms. The molecule has 1 aliphatic rings. The van der Waals surface area contributed by atoms with Crippen LogP contribution in [-0.4, -0.2) is 57.4 Å². The van der Waals surface area contributed by atoms with E-state index in [1.165, 1.54) is 23.3 Å². The summed E-state index contributed by atoms with van der Waals surface area (Å²) in [5.74, 6) is 0.0831. The first-order valence-corrected chi connectivity index (χ1v) is 8.73. The van der Waals surface area contributed by atoms with E-state index < -0.39 is 5.82 Å². The van der Waals surface area contributed by atoms with Gasteiger partial charge in [-0.15, -0.1) is 0 Å². The van der Waals surface area contributed by atoms with Crippen LogP contribution in [0.2, 0.25) is 0 Å². The molecule has 3 aromatic rings. The Balaban J connectivity index is 1.51. The molecule has 0 atom stereocenters. The van der Waals surface area contributed by atoms with Crippen LogP contribution >= 0.6 is 0 Å². The number of anilines is 2. The SMILES string of the molecule is O=c1c2ccc(N3CCN(c4ncc(F)cn4)CC3)cc2ncn1CCO. The van der Waals surface area contributed by atoms with Gasteiger partial charge in [-0.2, -0.15) is 0 Å². The van der Waals surface area contributed by atoms with Crippen LogP contribution < -0.4 is 15.4 Å². The second-order valence-corrected chi connectivity index (χ2v) is 6.34. The van der Waals surface area contributed by atoms with E-state index in [1.54, 1.807) is 6.07 Å². The molecule has 1 saturated heterocycles. The fraction of sp³-hybridized carbons (Fsp3) is 0.333. The number of piperazine rings is 1. The summed E-state index contributed by atoms with van der Waals surface area (Å²) in [4.78, 5) is 29.0. The number of aliphatic hydroxyl groups is 1. The predicted octanol–water partition coefficient (Wildman–Crippen LogP) is 0.644. The van der Waals surface area contributed by atoms with Crippen molar-refractivity contribution in [3.05, 3.63) is 53.1 Å². The summed E-state index contributed by atoms with van der Waals surface area (Å²) < 4.78 is 14.4.